The van der Waals surface area contributed by atoms with E-state index in [1.807, 2.05) is 30.1 Å². The molecular formula is C14H22N2O. The zero-order valence-corrected chi connectivity index (χ0v) is 11.1. The van der Waals surface area contributed by atoms with Crippen LogP contribution in [0.25, 0.3) is 0 Å². The van der Waals surface area contributed by atoms with Crippen LogP contribution in [0.5, 0.6) is 0 Å². The SMILES string of the molecule is Cn1ccc(C(=O)CN2CCCC(C)(C)C2)c1. The lowest BCUT2D eigenvalue weighted by molar-refractivity contribution is 0.0810. The van der Waals surface area contributed by atoms with Crippen LogP contribution in [0.2, 0.25) is 0 Å². The Kier molecular flexibility index (Phi) is 3.38. The number of ketones is 1. The van der Waals surface area contributed by atoms with Crippen LogP contribution in [-0.4, -0.2) is 34.9 Å². The minimum absolute atomic E-state index is 0.239. The van der Waals surface area contributed by atoms with Crippen molar-refractivity contribution in [2.45, 2.75) is 26.7 Å². The van der Waals surface area contributed by atoms with E-state index in [9.17, 15) is 4.79 Å². The molecule has 0 aromatic carbocycles. The maximum absolute atomic E-state index is 12.1. The minimum atomic E-state index is 0.239. The number of Topliss-reactive ketones (excluding diaryl/α,β-unsaturated/α-hetero) is 1. The summed E-state index contributed by atoms with van der Waals surface area (Å²) in [7, 11) is 1.95. The summed E-state index contributed by atoms with van der Waals surface area (Å²) in [6.45, 7) is 7.22. The van der Waals surface area contributed by atoms with E-state index < -0.39 is 0 Å². The van der Waals surface area contributed by atoms with E-state index in [0.29, 0.717) is 12.0 Å². The van der Waals surface area contributed by atoms with Crippen molar-refractivity contribution >= 4 is 5.78 Å². The zero-order chi connectivity index (χ0) is 12.5. The van der Waals surface area contributed by atoms with E-state index in [1.165, 1.54) is 12.8 Å². The molecule has 2 heterocycles. The van der Waals surface area contributed by atoms with Gasteiger partial charge in [-0.25, -0.2) is 0 Å². The summed E-state index contributed by atoms with van der Waals surface area (Å²) in [5, 5.41) is 0. The summed E-state index contributed by atoms with van der Waals surface area (Å²) in [4.78, 5) is 14.4. The van der Waals surface area contributed by atoms with Crippen molar-refractivity contribution in [2.24, 2.45) is 12.5 Å². The average molecular weight is 234 g/mol. The molecule has 1 aliphatic heterocycles. The zero-order valence-electron chi connectivity index (χ0n) is 11.1. The predicted octanol–water partition coefficient (Wildman–Crippen LogP) is 2.33. The molecule has 1 aromatic rings. The Bertz CT molecular complexity index is 406. The Morgan fingerprint density at radius 2 is 2.24 bits per heavy atom. The highest BCUT2D eigenvalue weighted by atomic mass is 16.1. The van der Waals surface area contributed by atoms with Gasteiger partial charge in [0.25, 0.3) is 0 Å². The van der Waals surface area contributed by atoms with Gasteiger partial charge in [-0.1, -0.05) is 13.8 Å². The molecule has 0 saturated carbocycles. The Labute approximate surface area is 103 Å². The molecule has 94 valence electrons. The van der Waals surface area contributed by atoms with Crippen molar-refractivity contribution in [3.8, 4) is 0 Å². The molecule has 1 aromatic heterocycles. The molecule has 1 fully saturated rings. The fraction of sp³-hybridized carbons (Fsp3) is 0.643. The second-order valence-electron chi connectivity index (χ2n) is 5.97. The van der Waals surface area contributed by atoms with Crippen LogP contribution >= 0.6 is 0 Å². The number of aromatic nitrogens is 1. The van der Waals surface area contributed by atoms with E-state index in [1.54, 1.807) is 0 Å². The largest absolute Gasteiger partial charge is 0.357 e. The number of likely N-dealkylation sites (tertiary alicyclic amines) is 1. The number of hydrogen-bond acceptors (Lipinski definition) is 2. The third-order valence-electron chi connectivity index (χ3n) is 3.50. The van der Waals surface area contributed by atoms with E-state index in [2.05, 4.69) is 18.7 Å². The highest BCUT2D eigenvalue weighted by molar-refractivity contribution is 5.97. The fourth-order valence-electron chi connectivity index (χ4n) is 2.64. The number of carbonyl (C=O) groups is 1. The van der Waals surface area contributed by atoms with Gasteiger partial charge in [-0.05, 0) is 30.9 Å². The lowest BCUT2D eigenvalue weighted by Crippen LogP contribution is -2.42. The predicted molar refractivity (Wildman–Crippen MR) is 69.2 cm³/mol. The van der Waals surface area contributed by atoms with Gasteiger partial charge < -0.3 is 4.57 Å². The number of rotatable bonds is 3. The molecule has 1 aliphatic rings. The van der Waals surface area contributed by atoms with Crippen molar-refractivity contribution in [3.63, 3.8) is 0 Å². The second-order valence-corrected chi connectivity index (χ2v) is 5.97. The molecule has 0 atom stereocenters. The van der Waals surface area contributed by atoms with E-state index in [-0.39, 0.29) is 5.78 Å². The molecular weight excluding hydrogens is 212 g/mol. The van der Waals surface area contributed by atoms with Crippen LogP contribution in [0.4, 0.5) is 0 Å². The molecule has 3 nitrogen and oxygen atoms in total. The Hall–Kier alpha value is -1.09. The quantitative estimate of drug-likeness (QED) is 0.750. The monoisotopic (exact) mass is 234 g/mol. The maximum Gasteiger partial charge on any atom is 0.178 e. The standard InChI is InChI=1S/C14H22N2O/c1-14(2)6-4-7-16(11-14)10-13(17)12-5-8-15(3)9-12/h5,8-9H,4,6-7,10-11H2,1-3H3. The van der Waals surface area contributed by atoms with Crippen LogP contribution in [-0.2, 0) is 7.05 Å². The van der Waals surface area contributed by atoms with Crippen LogP contribution in [0.15, 0.2) is 18.5 Å². The molecule has 0 N–H and O–H groups in total. The molecule has 0 radical (unpaired) electrons. The summed E-state index contributed by atoms with van der Waals surface area (Å²) in [5.41, 5.74) is 1.19. The van der Waals surface area contributed by atoms with Crippen molar-refractivity contribution in [3.05, 3.63) is 24.0 Å². The van der Waals surface area contributed by atoms with Crippen LogP contribution in [0.3, 0.4) is 0 Å². The van der Waals surface area contributed by atoms with Gasteiger partial charge in [0.1, 0.15) is 0 Å². The molecule has 1 saturated heterocycles. The normalized spacial score (nSPS) is 20.4. The first-order valence-corrected chi connectivity index (χ1v) is 6.34. The molecule has 3 heteroatoms. The summed E-state index contributed by atoms with van der Waals surface area (Å²) < 4.78 is 1.92. The first kappa shape index (κ1) is 12.4. The number of carbonyl (C=O) groups excluding carboxylic acids is 1. The van der Waals surface area contributed by atoms with Crippen molar-refractivity contribution < 1.29 is 4.79 Å². The molecule has 17 heavy (non-hydrogen) atoms. The number of hydrogen-bond donors (Lipinski definition) is 0. The maximum atomic E-state index is 12.1. The van der Waals surface area contributed by atoms with Crippen LogP contribution in [0, 0.1) is 5.41 Å². The Morgan fingerprint density at radius 3 is 2.82 bits per heavy atom. The van der Waals surface area contributed by atoms with Crippen molar-refractivity contribution in [2.75, 3.05) is 19.6 Å². The van der Waals surface area contributed by atoms with E-state index in [4.69, 9.17) is 0 Å². The summed E-state index contributed by atoms with van der Waals surface area (Å²) in [6.07, 6.45) is 6.29. The van der Waals surface area contributed by atoms with Gasteiger partial charge in [-0.3, -0.25) is 9.69 Å². The average Bonchev–Trinajstić information content (AvgIpc) is 2.63. The minimum Gasteiger partial charge on any atom is -0.357 e. The van der Waals surface area contributed by atoms with E-state index in [0.717, 1.165) is 18.7 Å². The van der Waals surface area contributed by atoms with Gasteiger partial charge in [-0.2, -0.15) is 0 Å². The van der Waals surface area contributed by atoms with Crippen molar-refractivity contribution in [1.82, 2.24) is 9.47 Å². The van der Waals surface area contributed by atoms with Crippen molar-refractivity contribution in [1.29, 1.82) is 0 Å². The van der Waals surface area contributed by atoms with Gasteiger partial charge in [0.2, 0.25) is 0 Å². The van der Waals surface area contributed by atoms with Gasteiger partial charge in [0, 0.05) is 31.5 Å². The molecule has 0 amide bonds. The third-order valence-corrected chi connectivity index (χ3v) is 3.50. The topological polar surface area (TPSA) is 25.2 Å². The van der Waals surface area contributed by atoms with Gasteiger partial charge in [-0.15, -0.1) is 0 Å². The van der Waals surface area contributed by atoms with Crippen LogP contribution in [0.1, 0.15) is 37.0 Å². The molecule has 2 rings (SSSR count). The lowest BCUT2D eigenvalue weighted by Gasteiger charge is -2.37. The number of nitrogens with zero attached hydrogens (tertiary/aromatic N) is 2. The molecule has 0 aliphatic carbocycles. The summed E-state index contributed by atoms with van der Waals surface area (Å²) >= 11 is 0. The Morgan fingerprint density at radius 1 is 1.47 bits per heavy atom. The number of aryl methyl sites for hydroxylation is 1. The molecule has 0 unspecified atom stereocenters. The van der Waals surface area contributed by atoms with Gasteiger partial charge >= 0.3 is 0 Å². The number of piperidine rings is 1. The van der Waals surface area contributed by atoms with Gasteiger partial charge in [0.05, 0.1) is 6.54 Å². The first-order chi connectivity index (χ1) is 7.96. The summed E-state index contributed by atoms with van der Waals surface area (Å²) in [5.74, 6) is 0.239. The Balaban J connectivity index is 1.95. The second kappa shape index (κ2) is 4.65. The molecule has 0 bridgehead atoms. The lowest BCUT2D eigenvalue weighted by atomic mass is 9.84. The highest BCUT2D eigenvalue weighted by Gasteiger charge is 2.27. The van der Waals surface area contributed by atoms with E-state index >= 15 is 0 Å². The fourth-order valence-corrected chi connectivity index (χ4v) is 2.64. The van der Waals surface area contributed by atoms with Crippen LogP contribution < -0.4 is 0 Å². The summed E-state index contributed by atoms with van der Waals surface area (Å²) in [6, 6.07) is 1.90. The highest BCUT2D eigenvalue weighted by Crippen LogP contribution is 2.28. The third kappa shape index (κ3) is 3.19. The van der Waals surface area contributed by atoms with Gasteiger partial charge in [0.15, 0.2) is 5.78 Å². The molecule has 0 spiro atoms. The first-order valence-electron chi connectivity index (χ1n) is 6.34. The smallest absolute Gasteiger partial charge is 0.178 e.